The lowest BCUT2D eigenvalue weighted by Crippen LogP contribution is -2.49. The van der Waals surface area contributed by atoms with Crippen molar-refractivity contribution >= 4 is 15.9 Å². The average molecular weight is 326 g/mol. The second-order valence-corrected chi connectivity index (χ2v) is 6.80. The third kappa shape index (κ3) is 4.04. The molecule has 1 aromatic rings. The van der Waals surface area contributed by atoms with Crippen molar-refractivity contribution < 1.29 is 4.74 Å². The number of benzene rings is 1. The maximum Gasteiger partial charge on any atom is 0.0618 e. The predicted octanol–water partition coefficient (Wildman–Crippen LogP) is 3.96. The SMILES string of the molecule is COCC(NC1CC(c2ccc(Br)cc2)C1)C(C)C. The Balaban J connectivity index is 1.80. The molecule has 2 nitrogen and oxygen atoms in total. The minimum atomic E-state index is 0.473. The van der Waals surface area contributed by atoms with Gasteiger partial charge in [-0.25, -0.2) is 0 Å². The van der Waals surface area contributed by atoms with E-state index in [2.05, 4.69) is 59.4 Å². The van der Waals surface area contributed by atoms with Gasteiger partial charge in [0.05, 0.1) is 6.61 Å². The second kappa shape index (κ2) is 6.87. The topological polar surface area (TPSA) is 21.3 Å². The van der Waals surface area contributed by atoms with Crippen molar-refractivity contribution in [3.05, 3.63) is 34.3 Å². The van der Waals surface area contributed by atoms with Crippen molar-refractivity contribution in [1.29, 1.82) is 0 Å². The van der Waals surface area contributed by atoms with Crippen LogP contribution in [0.4, 0.5) is 0 Å². The summed E-state index contributed by atoms with van der Waals surface area (Å²) in [5.41, 5.74) is 1.47. The van der Waals surface area contributed by atoms with Crippen LogP contribution in [0.15, 0.2) is 28.7 Å². The maximum absolute atomic E-state index is 5.29. The average Bonchev–Trinajstić information content (AvgIpc) is 2.33. The van der Waals surface area contributed by atoms with E-state index in [1.54, 1.807) is 7.11 Å². The summed E-state index contributed by atoms with van der Waals surface area (Å²) in [4.78, 5) is 0. The summed E-state index contributed by atoms with van der Waals surface area (Å²) in [6.45, 7) is 5.31. The van der Waals surface area contributed by atoms with E-state index in [-0.39, 0.29) is 0 Å². The molecule has 1 saturated carbocycles. The van der Waals surface area contributed by atoms with E-state index in [9.17, 15) is 0 Å². The van der Waals surface area contributed by atoms with Crippen LogP contribution in [0.3, 0.4) is 0 Å². The van der Waals surface area contributed by atoms with Crippen LogP contribution in [0.1, 0.15) is 38.2 Å². The largest absolute Gasteiger partial charge is 0.383 e. The Morgan fingerprint density at radius 1 is 1.26 bits per heavy atom. The summed E-state index contributed by atoms with van der Waals surface area (Å²) < 4.78 is 6.45. The van der Waals surface area contributed by atoms with Crippen LogP contribution in [0.2, 0.25) is 0 Å². The highest BCUT2D eigenvalue weighted by molar-refractivity contribution is 9.10. The van der Waals surface area contributed by atoms with Crippen molar-refractivity contribution in [3.8, 4) is 0 Å². The minimum absolute atomic E-state index is 0.473. The van der Waals surface area contributed by atoms with Crippen LogP contribution in [0.5, 0.6) is 0 Å². The van der Waals surface area contributed by atoms with Crippen molar-refractivity contribution in [3.63, 3.8) is 0 Å². The van der Waals surface area contributed by atoms with Gasteiger partial charge in [-0.1, -0.05) is 41.9 Å². The van der Waals surface area contributed by atoms with Crippen molar-refractivity contribution in [2.24, 2.45) is 5.92 Å². The monoisotopic (exact) mass is 325 g/mol. The molecule has 1 N–H and O–H groups in total. The van der Waals surface area contributed by atoms with E-state index in [0.717, 1.165) is 17.0 Å². The zero-order chi connectivity index (χ0) is 13.8. The fourth-order valence-corrected chi connectivity index (χ4v) is 2.94. The smallest absolute Gasteiger partial charge is 0.0618 e. The first-order valence-corrected chi connectivity index (χ1v) is 7.90. The zero-order valence-corrected chi connectivity index (χ0v) is 13.6. The number of methoxy groups -OCH3 is 1. The summed E-state index contributed by atoms with van der Waals surface area (Å²) in [5.74, 6) is 1.34. The van der Waals surface area contributed by atoms with Gasteiger partial charge < -0.3 is 10.1 Å². The van der Waals surface area contributed by atoms with E-state index in [1.165, 1.54) is 18.4 Å². The lowest BCUT2D eigenvalue weighted by molar-refractivity contribution is 0.126. The molecule has 1 aromatic carbocycles. The molecule has 0 saturated heterocycles. The van der Waals surface area contributed by atoms with E-state index in [4.69, 9.17) is 4.74 Å². The van der Waals surface area contributed by atoms with Gasteiger partial charge in [-0.2, -0.15) is 0 Å². The first-order chi connectivity index (χ1) is 9.10. The van der Waals surface area contributed by atoms with Gasteiger partial charge in [0, 0.05) is 23.7 Å². The predicted molar refractivity (Wildman–Crippen MR) is 83.5 cm³/mol. The highest BCUT2D eigenvalue weighted by atomic mass is 79.9. The van der Waals surface area contributed by atoms with Crippen molar-refractivity contribution in [1.82, 2.24) is 5.32 Å². The van der Waals surface area contributed by atoms with Crippen molar-refractivity contribution in [2.75, 3.05) is 13.7 Å². The quantitative estimate of drug-likeness (QED) is 0.854. The fraction of sp³-hybridized carbons (Fsp3) is 0.625. The molecular formula is C16H24BrNO. The third-order valence-corrected chi connectivity index (χ3v) is 4.61. The number of nitrogens with one attached hydrogen (secondary N) is 1. The molecule has 2 rings (SSSR count). The van der Waals surface area contributed by atoms with Crippen LogP contribution in [0, 0.1) is 5.92 Å². The third-order valence-electron chi connectivity index (χ3n) is 4.08. The number of ether oxygens (including phenoxy) is 1. The molecule has 19 heavy (non-hydrogen) atoms. The summed E-state index contributed by atoms with van der Waals surface area (Å²) >= 11 is 3.49. The van der Waals surface area contributed by atoms with Crippen LogP contribution in [-0.4, -0.2) is 25.8 Å². The first-order valence-electron chi connectivity index (χ1n) is 7.10. The molecule has 106 valence electrons. The molecule has 0 spiro atoms. The molecule has 1 aliphatic rings. The molecule has 0 amide bonds. The van der Waals surface area contributed by atoms with Crippen molar-refractivity contribution in [2.45, 2.75) is 44.7 Å². The summed E-state index contributed by atoms with van der Waals surface area (Å²) in [5, 5.41) is 3.73. The van der Waals surface area contributed by atoms with E-state index in [1.807, 2.05) is 0 Å². The van der Waals surface area contributed by atoms with E-state index < -0.39 is 0 Å². The highest BCUT2D eigenvalue weighted by Gasteiger charge is 2.32. The molecular weight excluding hydrogens is 302 g/mol. The summed E-state index contributed by atoms with van der Waals surface area (Å²) in [7, 11) is 1.78. The zero-order valence-electron chi connectivity index (χ0n) is 12.0. The Morgan fingerprint density at radius 2 is 1.89 bits per heavy atom. The van der Waals surface area contributed by atoms with Gasteiger partial charge in [-0.15, -0.1) is 0 Å². The van der Waals surface area contributed by atoms with E-state index in [0.29, 0.717) is 18.0 Å². The Hall–Kier alpha value is -0.380. The summed E-state index contributed by atoms with van der Waals surface area (Å²) in [6, 6.07) is 9.87. The van der Waals surface area contributed by atoms with Crippen LogP contribution >= 0.6 is 15.9 Å². The molecule has 3 heteroatoms. The molecule has 0 aromatic heterocycles. The fourth-order valence-electron chi connectivity index (χ4n) is 2.68. The molecule has 0 aliphatic heterocycles. The van der Waals surface area contributed by atoms with Gasteiger partial charge in [-0.05, 0) is 42.4 Å². The minimum Gasteiger partial charge on any atom is -0.383 e. The Kier molecular flexibility index (Phi) is 5.43. The molecule has 1 unspecified atom stereocenters. The molecule has 1 aliphatic carbocycles. The molecule has 1 fully saturated rings. The van der Waals surface area contributed by atoms with Gasteiger partial charge in [0.25, 0.3) is 0 Å². The molecule has 0 radical (unpaired) electrons. The van der Waals surface area contributed by atoms with Gasteiger partial charge >= 0.3 is 0 Å². The Bertz CT molecular complexity index is 384. The van der Waals surface area contributed by atoms with Crippen LogP contribution < -0.4 is 5.32 Å². The summed E-state index contributed by atoms with van der Waals surface area (Å²) in [6.07, 6.45) is 2.49. The number of hydrogen-bond acceptors (Lipinski definition) is 2. The molecule has 1 atom stereocenters. The molecule has 0 heterocycles. The lowest BCUT2D eigenvalue weighted by atomic mass is 9.75. The number of hydrogen-bond donors (Lipinski definition) is 1. The normalized spacial score (nSPS) is 24.3. The number of rotatable bonds is 6. The standard InChI is InChI=1S/C16H24BrNO/c1-11(2)16(10-19-3)18-15-8-13(9-15)12-4-6-14(17)7-5-12/h4-7,11,13,15-16,18H,8-10H2,1-3H3. The van der Waals surface area contributed by atoms with Gasteiger partial charge in [0.2, 0.25) is 0 Å². The Morgan fingerprint density at radius 3 is 2.42 bits per heavy atom. The number of halogens is 1. The second-order valence-electron chi connectivity index (χ2n) is 5.89. The lowest BCUT2D eigenvalue weighted by Gasteiger charge is -2.39. The first kappa shape index (κ1) is 15.0. The highest BCUT2D eigenvalue weighted by Crippen LogP contribution is 2.37. The Labute approximate surface area is 125 Å². The van der Waals surface area contributed by atoms with Gasteiger partial charge in [0.1, 0.15) is 0 Å². The van der Waals surface area contributed by atoms with Gasteiger partial charge in [0.15, 0.2) is 0 Å². The van der Waals surface area contributed by atoms with Gasteiger partial charge in [-0.3, -0.25) is 0 Å². The van der Waals surface area contributed by atoms with E-state index >= 15 is 0 Å². The molecule has 0 bridgehead atoms. The van der Waals surface area contributed by atoms with Crippen LogP contribution in [-0.2, 0) is 4.74 Å². The van der Waals surface area contributed by atoms with Crippen LogP contribution in [0.25, 0.3) is 0 Å². The maximum atomic E-state index is 5.29.